The third-order valence-electron chi connectivity index (χ3n) is 4.83. The molecule has 1 unspecified atom stereocenters. The Morgan fingerprint density at radius 1 is 1.32 bits per heavy atom. The summed E-state index contributed by atoms with van der Waals surface area (Å²) in [5, 5.41) is 6.71. The zero-order valence-corrected chi connectivity index (χ0v) is 19.1. The molecule has 1 aliphatic heterocycles. The topological polar surface area (TPSA) is 72.7 Å². The van der Waals surface area contributed by atoms with Gasteiger partial charge in [0.05, 0.1) is 24.2 Å². The number of para-hydroxylation sites is 2. The van der Waals surface area contributed by atoms with Crippen molar-refractivity contribution in [3.8, 4) is 0 Å². The number of imidazole rings is 1. The summed E-state index contributed by atoms with van der Waals surface area (Å²) in [4.78, 5) is 8.89. The zero-order chi connectivity index (χ0) is 18.9. The van der Waals surface area contributed by atoms with Gasteiger partial charge in [-0.3, -0.25) is 4.99 Å². The van der Waals surface area contributed by atoms with Crippen molar-refractivity contribution in [2.24, 2.45) is 10.9 Å². The van der Waals surface area contributed by atoms with Crippen LogP contribution in [-0.4, -0.2) is 62.1 Å². The van der Waals surface area contributed by atoms with E-state index >= 15 is 0 Å². The number of fused-ring (bicyclic) bond motifs is 1. The fourth-order valence-electron chi connectivity index (χ4n) is 3.33. The minimum absolute atomic E-state index is 0. The van der Waals surface area contributed by atoms with E-state index in [1.807, 2.05) is 13.0 Å². The quantitative estimate of drug-likeness (QED) is 0.239. The number of hydrogen-bond donors (Lipinski definition) is 2. The maximum absolute atomic E-state index is 5.73. The molecule has 28 heavy (non-hydrogen) atoms. The predicted molar refractivity (Wildman–Crippen MR) is 124 cm³/mol. The molecule has 156 valence electrons. The van der Waals surface area contributed by atoms with E-state index in [9.17, 15) is 0 Å². The van der Waals surface area contributed by atoms with Crippen LogP contribution >= 0.6 is 24.0 Å². The number of aryl methyl sites for hydroxylation is 1. The summed E-state index contributed by atoms with van der Waals surface area (Å²) in [6.07, 6.45) is 2.08. The molecule has 1 fully saturated rings. The minimum atomic E-state index is 0. The van der Waals surface area contributed by atoms with Crippen LogP contribution in [0.1, 0.15) is 18.7 Å². The van der Waals surface area contributed by atoms with Gasteiger partial charge in [0.2, 0.25) is 0 Å². The van der Waals surface area contributed by atoms with Gasteiger partial charge < -0.3 is 24.7 Å². The highest BCUT2D eigenvalue weighted by molar-refractivity contribution is 14.0. The van der Waals surface area contributed by atoms with E-state index in [-0.39, 0.29) is 24.0 Å². The predicted octanol–water partition coefficient (Wildman–Crippen LogP) is 2.57. The third kappa shape index (κ3) is 6.59. The van der Waals surface area contributed by atoms with Crippen molar-refractivity contribution < 1.29 is 9.47 Å². The normalized spacial score (nSPS) is 16.9. The highest BCUT2D eigenvalue weighted by atomic mass is 127. The Bertz CT molecular complexity index is 743. The molecule has 0 saturated carbocycles. The lowest BCUT2D eigenvalue weighted by Crippen LogP contribution is -2.39. The second-order valence-corrected chi connectivity index (χ2v) is 6.88. The molecule has 0 aliphatic carbocycles. The first-order valence-corrected chi connectivity index (χ1v) is 9.80. The van der Waals surface area contributed by atoms with Gasteiger partial charge in [0, 0.05) is 45.8 Å². The lowest BCUT2D eigenvalue weighted by molar-refractivity contribution is 0.0888. The van der Waals surface area contributed by atoms with Crippen molar-refractivity contribution >= 4 is 41.0 Å². The number of aromatic nitrogens is 2. The molecule has 0 bridgehead atoms. The molecule has 2 N–H and O–H groups in total. The molecule has 1 aromatic heterocycles. The van der Waals surface area contributed by atoms with Crippen LogP contribution < -0.4 is 10.6 Å². The van der Waals surface area contributed by atoms with Gasteiger partial charge in [-0.15, -0.1) is 24.0 Å². The molecule has 2 aromatic rings. The summed E-state index contributed by atoms with van der Waals surface area (Å²) in [7, 11) is 1.80. The molecule has 0 radical (unpaired) electrons. The molecule has 7 nitrogen and oxygen atoms in total. The maximum Gasteiger partial charge on any atom is 0.191 e. The summed E-state index contributed by atoms with van der Waals surface area (Å²) in [6.45, 7) is 7.83. The Morgan fingerprint density at radius 2 is 2.14 bits per heavy atom. The summed E-state index contributed by atoms with van der Waals surface area (Å²) in [5.74, 6) is 2.43. The second-order valence-electron chi connectivity index (χ2n) is 6.88. The first-order valence-electron chi connectivity index (χ1n) is 9.80. The van der Waals surface area contributed by atoms with Crippen molar-refractivity contribution in [1.82, 2.24) is 20.2 Å². The average Bonchev–Trinajstić information content (AvgIpc) is 3.30. The fourth-order valence-corrected chi connectivity index (χ4v) is 3.33. The lowest BCUT2D eigenvalue weighted by atomic mass is 10.1. The summed E-state index contributed by atoms with van der Waals surface area (Å²) >= 11 is 0. The van der Waals surface area contributed by atoms with E-state index in [2.05, 4.69) is 43.4 Å². The maximum atomic E-state index is 5.73. The Labute approximate surface area is 184 Å². The Morgan fingerprint density at radius 3 is 2.93 bits per heavy atom. The molecule has 3 rings (SSSR count). The van der Waals surface area contributed by atoms with Gasteiger partial charge >= 0.3 is 0 Å². The van der Waals surface area contributed by atoms with Crippen molar-refractivity contribution in [1.29, 1.82) is 0 Å². The van der Waals surface area contributed by atoms with E-state index in [0.29, 0.717) is 5.92 Å². The Kier molecular flexibility index (Phi) is 10.0. The molecule has 0 spiro atoms. The number of rotatable bonds is 9. The minimum Gasteiger partial charge on any atom is -0.381 e. The van der Waals surface area contributed by atoms with Crippen LogP contribution in [0.5, 0.6) is 0 Å². The number of nitrogens with zero attached hydrogens (tertiary/aromatic N) is 3. The monoisotopic (exact) mass is 501 g/mol. The molecule has 1 saturated heterocycles. The van der Waals surface area contributed by atoms with E-state index in [4.69, 9.17) is 9.47 Å². The van der Waals surface area contributed by atoms with Gasteiger partial charge in [0.15, 0.2) is 5.96 Å². The van der Waals surface area contributed by atoms with E-state index in [1.54, 1.807) is 7.05 Å². The van der Waals surface area contributed by atoms with Gasteiger partial charge in [0.1, 0.15) is 5.82 Å². The molecule has 1 aromatic carbocycles. The summed E-state index contributed by atoms with van der Waals surface area (Å²) in [5.41, 5.74) is 2.21. The van der Waals surface area contributed by atoms with Gasteiger partial charge in [-0.05, 0) is 31.9 Å². The Hall–Kier alpha value is -1.39. The molecule has 8 heteroatoms. The van der Waals surface area contributed by atoms with Crippen molar-refractivity contribution in [2.45, 2.75) is 26.3 Å². The SMILES string of the molecule is CN=C(NCCCOCC1CCOC1)NCCn1c(C)nc2ccccc21.I. The van der Waals surface area contributed by atoms with E-state index in [1.165, 1.54) is 5.52 Å². The van der Waals surface area contributed by atoms with Crippen molar-refractivity contribution in [3.05, 3.63) is 30.1 Å². The fraction of sp³-hybridized carbons (Fsp3) is 0.600. The largest absolute Gasteiger partial charge is 0.381 e. The first-order chi connectivity index (χ1) is 13.3. The van der Waals surface area contributed by atoms with Crippen LogP contribution in [0, 0.1) is 12.8 Å². The first kappa shape index (κ1) is 22.9. The van der Waals surface area contributed by atoms with Crippen LogP contribution in [0.4, 0.5) is 0 Å². The number of benzene rings is 1. The standard InChI is InChI=1S/C20H31N5O2.HI/c1-16-24-18-6-3-4-7-19(18)25(16)11-10-23-20(21-2)22-9-5-12-26-14-17-8-13-27-15-17;/h3-4,6-7,17H,5,8-15H2,1-2H3,(H2,21,22,23);1H. The number of nitrogens with one attached hydrogen (secondary N) is 2. The number of aliphatic imine (C=N–C) groups is 1. The van der Waals surface area contributed by atoms with Crippen LogP contribution in [0.3, 0.4) is 0 Å². The summed E-state index contributed by atoms with van der Waals surface area (Å²) < 4.78 is 13.3. The van der Waals surface area contributed by atoms with Crippen LogP contribution in [0.15, 0.2) is 29.3 Å². The molecule has 1 atom stereocenters. The summed E-state index contributed by atoms with van der Waals surface area (Å²) in [6, 6.07) is 8.23. The van der Waals surface area contributed by atoms with Gasteiger partial charge in [-0.25, -0.2) is 4.98 Å². The Balaban J connectivity index is 0.00000280. The van der Waals surface area contributed by atoms with Gasteiger partial charge in [0.25, 0.3) is 0 Å². The van der Waals surface area contributed by atoms with Crippen molar-refractivity contribution in [3.63, 3.8) is 0 Å². The molecule has 0 amide bonds. The number of hydrogen-bond acceptors (Lipinski definition) is 4. The molecular weight excluding hydrogens is 469 g/mol. The average molecular weight is 501 g/mol. The molecular formula is C20H32IN5O2. The lowest BCUT2D eigenvalue weighted by Gasteiger charge is -2.13. The molecule has 2 heterocycles. The smallest absolute Gasteiger partial charge is 0.191 e. The highest BCUT2D eigenvalue weighted by Gasteiger charge is 2.15. The van der Waals surface area contributed by atoms with E-state index in [0.717, 1.165) is 76.2 Å². The van der Waals surface area contributed by atoms with E-state index < -0.39 is 0 Å². The number of guanidine groups is 1. The van der Waals surface area contributed by atoms with Gasteiger partial charge in [-0.1, -0.05) is 12.1 Å². The zero-order valence-electron chi connectivity index (χ0n) is 16.8. The third-order valence-corrected chi connectivity index (χ3v) is 4.83. The number of ether oxygens (including phenoxy) is 2. The van der Waals surface area contributed by atoms with Crippen LogP contribution in [-0.2, 0) is 16.0 Å². The van der Waals surface area contributed by atoms with Crippen molar-refractivity contribution in [2.75, 3.05) is 46.6 Å². The van der Waals surface area contributed by atoms with Gasteiger partial charge in [-0.2, -0.15) is 0 Å². The van der Waals surface area contributed by atoms with Crippen LogP contribution in [0.25, 0.3) is 11.0 Å². The number of halogens is 1. The van der Waals surface area contributed by atoms with Crippen LogP contribution in [0.2, 0.25) is 0 Å². The highest BCUT2D eigenvalue weighted by Crippen LogP contribution is 2.14. The second kappa shape index (κ2) is 12.2. The molecule has 1 aliphatic rings.